The maximum atomic E-state index is 11.8. The van der Waals surface area contributed by atoms with Crippen LogP contribution in [0, 0.1) is 0 Å². The SMILES string of the molecule is CN(C)S(=O)(=O)CCN=Cc1c(O)c2ccccc2oc1=O. The van der Waals surface area contributed by atoms with E-state index in [4.69, 9.17) is 4.42 Å². The highest BCUT2D eigenvalue weighted by molar-refractivity contribution is 7.89. The molecule has 118 valence electrons. The smallest absolute Gasteiger partial charge is 0.348 e. The van der Waals surface area contributed by atoms with Gasteiger partial charge < -0.3 is 9.52 Å². The van der Waals surface area contributed by atoms with Crippen LogP contribution in [-0.4, -0.2) is 50.4 Å². The van der Waals surface area contributed by atoms with Crippen molar-refractivity contribution in [3.63, 3.8) is 0 Å². The van der Waals surface area contributed by atoms with Crippen molar-refractivity contribution in [2.24, 2.45) is 4.99 Å². The molecule has 2 aromatic rings. The van der Waals surface area contributed by atoms with Crippen LogP contribution >= 0.6 is 0 Å². The molecule has 0 bridgehead atoms. The molecule has 7 nitrogen and oxygen atoms in total. The van der Waals surface area contributed by atoms with Crippen LogP contribution in [-0.2, 0) is 10.0 Å². The van der Waals surface area contributed by atoms with Crippen LogP contribution < -0.4 is 5.63 Å². The van der Waals surface area contributed by atoms with Crippen LogP contribution in [0.2, 0.25) is 0 Å². The lowest BCUT2D eigenvalue weighted by Gasteiger charge is -2.09. The fourth-order valence-corrected chi connectivity index (χ4v) is 2.47. The molecule has 0 saturated carbocycles. The molecule has 0 spiro atoms. The van der Waals surface area contributed by atoms with Gasteiger partial charge in [0.2, 0.25) is 10.0 Å². The summed E-state index contributed by atoms with van der Waals surface area (Å²) in [5, 5.41) is 10.5. The molecule has 8 heteroatoms. The monoisotopic (exact) mass is 324 g/mol. The molecule has 1 aromatic heterocycles. The van der Waals surface area contributed by atoms with Crippen molar-refractivity contribution in [3.05, 3.63) is 40.2 Å². The minimum atomic E-state index is -3.35. The first-order valence-electron chi connectivity index (χ1n) is 6.48. The van der Waals surface area contributed by atoms with E-state index in [0.717, 1.165) is 10.5 Å². The number of hydrogen-bond donors (Lipinski definition) is 1. The van der Waals surface area contributed by atoms with Gasteiger partial charge in [0.05, 0.1) is 17.7 Å². The van der Waals surface area contributed by atoms with Crippen molar-refractivity contribution in [1.82, 2.24) is 4.31 Å². The predicted octanol–water partition coefficient (Wildman–Crippen LogP) is 0.809. The first-order chi connectivity index (χ1) is 10.3. The molecule has 0 fully saturated rings. The zero-order valence-corrected chi connectivity index (χ0v) is 13.0. The molecule has 0 radical (unpaired) electrons. The minimum Gasteiger partial charge on any atom is -0.506 e. The Bertz CT molecular complexity index is 868. The van der Waals surface area contributed by atoms with Gasteiger partial charge in [-0.1, -0.05) is 12.1 Å². The van der Waals surface area contributed by atoms with Crippen LogP contribution in [0.3, 0.4) is 0 Å². The molecule has 0 aliphatic rings. The average Bonchev–Trinajstić information content (AvgIpc) is 2.46. The van der Waals surface area contributed by atoms with Gasteiger partial charge in [-0.3, -0.25) is 4.99 Å². The maximum absolute atomic E-state index is 11.8. The topological polar surface area (TPSA) is 100 Å². The first kappa shape index (κ1) is 16.2. The third-order valence-corrected chi connectivity index (χ3v) is 4.89. The van der Waals surface area contributed by atoms with E-state index in [0.29, 0.717) is 5.39 Å². The van der Waals surface area contributed by atoms with Crippen molar-refractivity contribution in [3.8, 4) is 5.75 Å². The number of para-hydroxylation sites is 1. The summed E-state index contributed by atoms with van der Waals surface area (Å²) in [5.74, 6) is -0.415. The molecule has 1 heterocycles. The molecule has 22 heavy (non-hydrogen) atoms. The highest BCUT2D eigenvalue weighted by Gasteiger charge is 2.13. The van der Waals surface area contributed by atoms with E-state index in [2.05, 4.69) is 4.99 Å². The Kier molecular flexibility index (Phi) is 4.62. The number of rotatable bonds is 5. The minimum absolute atomic E-state index is 0.0216. The summed E-state index contributed by atoms with van der Waals surface area (Å²) in [6.07, 6.45) is 1.14. The third kappa shape index (κ3) is 3.34. The van der Waals surface area contributed by atoms with Crippen molar-refractivity contribution >= 4 is 27.2 Å². The lowest BCUT2D eigenvalue weighted by Crippen LogP contribution is -2.26. The predicted molar refractivity (Wildman–Crippen MR) is 84.1 cm³/mol. The number of sulfonamides is 1. The zero-order valence-electron chi connectivity index (χ0n) is 12.2. The van der Waals surface area contributed by atoms with Crippen molar-refractivity contribution < 1.29 is 17.9 Å². The molecule has 0 unspecified atom stereocenters. The highest BCUT2D eigenvalue weighted by atomic mass is 32.2. The van der Waals surface area contributed by atoms with Crippen LogP contribution in [0.15, 0.2) is 38.5 Å². The molecule has 2 rings (SSSR count). The Morgan fingerprint density at radius 2 is 2.00 bits per heavy atom. The second-order valence-corrected chi connectivity index (χ2v) is 7.08. The number of benzene rings is 1. The van der Waals surface area contributed by atoms with E-state index < -0.39 is 15.6 Å². The van der Waals surface area contributed by atoms with E-state index >= 15 is 0 Å². The van der Waals surface area contributed by atoms with Gasteiger partial charge in [-0.15, -0.1) is 0 Å². The van der Waals surface area contributed by atoms with E-state index in [9.17, 15) is 18.3 Å². The zero-order chi connectivity index (χ0) is 16.3. The Morgan fingerprint density at radius 1 is 1.32 bits per heavy atom. The quantitative estimate of drug-likeness (QED) is 0.648. The third-order valence-electron chi connectivity index (χ3n) is 3.07. The van der Waals surface area contributed by atoms with E-state index in [1.54, 1.807) is 24.3 Å². The molecule has 0 aliphatic carbocycles. The largest absolute Gasteiger partial charge is 0.506 e. The van der Waals surface area contributed by atoms with Crippen molar-refractivity contribution in [2.45, 2.75) is 0 Å². The second-order valence-electron chi connectivity index (χ2n) is 4.78. The van der Waals surface area contributed by atoms with Crippen LogP contribution in [0.1, 0.15) is 5.56 Å². The number of nitrogens with zero attached hydrogens (tertiary/aromatic N) is 2. The second kappa shape index (κ2) is 6.29. The average molecular weight is 324 g/mol. The van der Waals surface area contributed by atoms with Crippen LogP contribution in [0.5, 0.6) is 5.75 Å². The standard InChI is InChI=1S/C14H16N2O5S/c1-16(2)22(19,20)8-7-15-9-11-13(17)10-5-3-4-6-12(10)21-14(11)18/h3-6,9,17H,7-8H2,1-2H3. The van der Waals surface area contributed by atoms with Crippen molar-refractivity contribution in [2.75, 3.05) is 26.4 Å². The van der Waals surface area contributed by atoms with E-state index in [1.165, 1.54) is 14.1 Å². The normalized spacial score (nSPS) is 12.5. The summed E-state index contributed by atoms with van der Waals surface area (Å²) in [5.41, 5.74) is -0.547. The summed E-state index contributed by atoms with van der Waals surface area (Å²) in [6, 6.07) is 6.57. The molecular formula is C14H16N2O5S. The molecule has 0 saturated heterocycles. The summed E-state index contributed by atoms with van der Waals surface area (Å²) in [7, 11) is -0.485. The van der Waals surface area contributed by atoms with Gasteiger partial charge in [0.15, 0.2) is 0 Å². The molecule has 0 aliphatic heterocycles. The summed E-state index contributed by atoms with van der Waals surface area (Å²) in [4.78, 5) is 15.7. The van der Waals surface area contributed by atoms with Crippen LogP contribution in [0.4, 0.5) is 0 Å². The van der Waals surface area contributed by atoms with Gasteiger partial charge in [-0.25, -0.2) is 17.5 Å². The van der Waals surface area contributed by atoms with E-state index in [1.807, 2.05) is 0 Å². The molecule has 1 N–H and O–H groups in total. The number of fused-ring (bicyclic) bond motifs is 1. The maximum Gasteiger partial charge on any atom is 0.348 e. The van der Waals surface area contributed by atoms with Crippen molar-refractivity contribution in [1.29, 1.82) is 0 Å². The Hall–Kier alpha value is -2.19. The van der Waals surface area contributed by atoms with Gasteiger partial charge in [-0.05, 0) is 12.1 Å². The van der Waals surface area contributed by atoms with Crippen LogP contribution in [0.25, 0.3) is 11.0 Å². The summed E-state index contributed by atoms with van der Waals surface area (Å²) in [6.45, 7) is -0.0216. The van der Waals surface area contributed by atoms with Gasteiger partial charge in [0.1, 0.15) is 16.9 Å². The molecule has 0 atom stereocenters. The molecule has 0 amide bonds. The van der Waals surface area contributed by atoms with Gasteiger partial charge in [-0.2, -0.15) is 0 Å². The number of aliphatic imine (C=N–C) groups is 1. The summed E-state index contributed by atoms with van der Waals surface area (Å²) >= 11 is 0. The Morgan fingerprint density at radius 3 is 2.68 bits per heavy atom. The first-order valence-corrected chi connectivity index (χ1v) is 8.08. The summed E-state index contributed by atoms with van der Waals surface area (Å²) < 4.78 is 29.3. The Labute approximate surface area is 127 Å². The fraction of sp³-hybridized carbons (Fsp3) is 0.286. The number of aromatic hydroxyl groups is 1. The lowest BCUT2D eigenvalue weighted by atomic mass is 10.1. The van der Waals surface area contributed by atoms with Gasteiger partial charge in [0.25, 0.3) is 0 Å². The highest BCUT2D eigenvalue weighted by Crippen LogP contribution is 2.24. The molecular weight excluding hydrogens is 308 g/mol. The molecule has 1 aromatic carbocycles. The van der Waals surface area contributed by atoms with Gasteiger partial charge in [0, 0.05) is 20.3 Å². The lowest BCUT2D eigenvalue weighted by molar-refractivity contribution is 0.466. The van der Waals surface area contributed by atoms with Gasteiger partial charge >= 0.3 is 5.63 Å². The van der Waals surface area contributed by atoms with E-state index in [-0.39, 0.29) is 29.2 Å². The Balaban J connectivity index is 2.25. The fourth-order valence-electron chi connectivity index (χ4n) is 1.77. The number of hydrogen-bond acceptors (Lipinski definition) is 6.